The molecule has 0 radical (unpaired) electrons. The molecule has 1 aliphatic rings. The van der Waals surface area contributed by atoms with E-state index in [1.165, 1.54) is 0 Å². The summed E-state index contributed by atoms with van der Waals surface area (Å²) in [6.45, 7) is 2.56. The van der Waals surface area contributed by atoms with E-state index in [1.807, 2.05) is 48.5 Å². The zero-order valence-electron chi connectivity index (χ0n) is 18.5. The number of benzene rings is 3. The maximum Gasteiger partial charge on any atom is 0.253 e. The van der Waals surface area contributed by atoms with Crippen molar-refractivity contribution < 1.29 is 9.59 Å². The van der Waals surface area contributed by atoms with Crippen molar-refractivity contribution in [2.24, 2.45) is 0 Å². The molecule has 1 fully saturated rings. The van der Waals surface area contributed by atoms with Crippen LogP contribution < -0.4 is 5.32 Å². The second kappa shape index (κ2) is 9.57. The van der Waals surface area contributed by atoms with Gasteiger partial charge in [-0.25, -0.2) is 0 Å². The third kappa shape index (κ3) is 4.61. The highest BCUT2D eigenvalue weighted by atomic mass is 35.5. The number of amides is 2. The van der Waals surface area contributed by atoms with Gasteiger partial charge in [0.05, 0.1) is 5.52 Å². The lowest BCUT2D eigenvalue weighted by atomic mass is 10.1. The van der Waals surface area contributed by atoms with Crippen LogP contribution in [0, 0.1) is 0 Å². The molecule has 4 aromatic rings. The highest BCUT2D eigenvalue weighted by Crippen LogP contribution is 2.21. The van der Waals surface area contributed by atoms with Gasteiger partial charge in [0.1, 0.15) is 0 Å². The SMILES string of the molecule is O=C(c1ccc(Cl)cc1)N1CCN(C(=O)c2cccc(CNc3n[nH]c4ccccc34)c2)CC1. The Labute approximate surface area is 202 Å². The van der Waals surface area contributed by atoms with E-state index < -0.39 is 0 Å². The minimum absolute atomic E-state index is 0.0225. The Morgan fingerprint density at radius 1 is 0.853 bits per heavy atom. The van der Waals surface area contributed by atoms with Crippen LogP contribution in [-0.2, 0) is 6.54 Å². The number of aromatic nitrogens is 2. The van der Waals surface area contributed by atoms with Crippen molar-refractivity contribution in [3.8, 4) is 0 Å². The number of carbonyl (C=O) groups is 2. The number of hydrogen-bond donors (Lipinski definition) is 2. The Morgan fingerprint density at radius 3 is 2.26 bits per heavy atom. The molecule has 0 saturated carbocycles. The highest BCUT2D eigenvalue weighted by molar-refractivity contribution is 6.30. The number of para-hydroxylation sites is 1. The molecule has 0 aliphatic carbocycles. The molecule has 0 unspecified atom stereocenters. The first-order chi connectivity index (χ1) is 16.6. The molecule has 0 bridgehead atoms. The Balaban J connectivity index is 1.19. The standard InChI is InChI=1S/C26H24ClN5O2/c27-21-10-8-19(9-11-21)25(33)31-12-14-32(15-13-31)26(34)20-5-3-4-18(16-20)17-28-24-22-6-1-2-7-23(22)29-30-24/h1-11,16H,12-15,17H2,(H2,28,29,30). The van der Waals surface area contributed by atoms with E-state index in [1.54, 1.807) is 34.1 Å². The van der Waals surface area contributed by atoms with Gasteiger partial charge >= 0.3 is 0 Å². The predicted molar refractivity (Wildman–Crippen MR) is 133 cm³/mol. The molecule has 2 amide bonds. The molecule has 7 nitrogen and oxygen atoms in total. The third-order valence-electron chi connectivity index (χ3n) is 6.05. The zero-order chi connectivity index (χ0) is 23.5. The topological polar surface area (TPSA) is 81.3 Å². The molecular weight excluding hydrogens is 450 g/mol. The number of anilines is 1. The third-order valence-corrected chi connectivity index (χ3v) is 6.30. The summed E-state index contributed by atoms with van der Waals surface area (Å²) in [5.74, 6) is 0.724. The highest BCUT2D eigenvalue weighted by Gasteiger charge is 2.25. The second-order valence-corrected chi connectivity index (χ2v) is 8.70. The first-order valence-electron chi connectivity index (χ1n) is 11.2. The van der Waals surface area contributed by atoms with Gasteiger partial charge in [0.2, 0.25) is 0 Å². The van der Waals surface area contributed by atoms with Crippen LogP contribution in [0.1, 0.15) is 26.3 Å². The Hall–Kier alpha value is -3.84. The summed E-state index contributed by atoms with van der Waals surface area (Å²) in [6, 6.07) is 22.5. The van der Waals surface area contributed by atoms with Gasteiger partial charge in [0.15, 0.2) is 5.82 Å². The summed E-state index contributed by atoms with van der Waals surface area (Å²) < 4.78 is 0. The quantitative estimate of drug-likeness (QED) is 0.449. The van der Waals surface area contributed by atoms with E-state index in [2.05, 4.69) is 15.5 Å². The largest absolute Gasteiger partial charge is 0.364 e. The molecular formula is C26H24ClN5O2. The molecule has 8 heteroatoms. The lowest BCUT2D eigenvalue weighted by Gasteiger charge is -2.35. The van der Waals surface area contributed by atoms with E-state index in [4.69, 9.17) is 11.6 Å². The number of H-pyrrole nitrogens is 1. The van der Waals surface area contributed by atoms with Crippen molar-refractivity contribution in [2.45, 2.75) is 6.54 Å². The van der Waals surface area contributed by atoms with Gasteiger partial charge in [-0.3, -0.25) is 14.7 Å². The number of carbonyl (C=O) groups excluding carboxylic acids is 2. The summed E-state index contributed by atoms with van der Waals surface area (Å²) in [6.07, 6.45) is 0. The molecule has 1 aromatic heterocycles. The van der Waals surface area contributed by atoms with Crippen molar-refractivity contribution in [1.29, 1.82) is 0 Å². The van der Waals surface area contributed by atoms with Crippen LogP contribution >= 0.6 is 11.6 Å². The van der Waals surface area contributed by atoms with Crippen LogP contribution in [0.25, 0.3) is 10.9 Å². The molecule has 2 heterocycles. The summed E-state index contributed by atoms with van der Waals surface area (Å²) >= 11 is 5.92. The van der Waals surface area contributed by atoms with E-state index in [0.717, 1.165) is 22.3 Å². The minimum Gasteiger partial charge on any atom is -0.364 e. The molecule has 1 saturated heterocycles. The molecule has 3 aromatic carbocycles. The first-order valence-corrected chi connectivity index (χ1v) is 11.6. The van der Waals surface area contributed by atoms with E-state index in [9.17, 15) is 9.59 Å². The molecule has 1 aliphatic heterocycles. The zero-order valence-corrected chi connectivity index (χ0v) is 19.3. The number of piperazine rings is 1. The minimum atomic E-state index is -0.0391. The van der Waals surface area contributed by atoms with Crippen LogP contribution in [0.2, 0.25) is 5.02 Å². The average Bonchev–Trinajstić information content (AvgIpc) is 3.30. The molecule has 0 atom stereocenters. The summed E-state index contributed by atoms with van der Waals surface area (Å²) in [7, 11) is 0. The molecule has 5 rings (SSSR count). The van der Waals surface area contributed by atoms with Crippen LogP contribution in [-0.4, -0.2) is 58.0 Å². The lowest BCUT2D eigenvalue weighted by molar-refractivity contribution is 0.0535. The lowest BCUT2D eigenvalue weighted by Crippen LogP contribution is -2.50. The van der Waals surface area contributed by atoms with Crippen molar-refractivity contribution in [1.82, 2.24) is 20.0 Å². The summed E-state index contributed by atoms with van der Waals surface area (Å²) in [4.78, 5) is 29.4. The summed E-state index contributed by atoms with van der Waals surface area (Å²) in [5.41, 5.74) is 3.22. The van der Waals surface area contributed by atoms with Crippen LogP contribution in [0.5, 0.6) is 0 Å². The van der Waals surface area contributed by atoms with Gasteiger partial charge in [-0.15, -0.1) is 0 Å². The first kappa shape index (κ1) is 22.0. The Bertz CT molecular complexity index is 1330. The fourth-order valence-electron chi connectivity index (χ4n) is 4.17. The number of rotatable bonds is 5. The number of hydrogen-bond acceptors (Lipinski definition) is 4. The van der Waals surface area contributed by atoms with Gasteiger partial charge in [-0.05, 0) is 54.1 Å². The van der Waals surface area contributed by atoms with E-state index in [-0.39, 0.29) is 11.8 Å². The molecule has 2 N–H and O–H groups in total. The van der Waals surface area contributed by atoms with E-state index in [0.29, 0.717) is 48.9 Å². The van der Waals surface area contributed by atoms with Gasteiger partial charge < -0.3 is 15.1 Å². The van der Waals surface area contributed by atoms with Crippen molar-refractivity contribution in [3.05, 3.63) is 94.5 Å². The fraction of sp³-hybridized carbons (Fsp3) is 0.192. The monoisotopic (exact) mass is 473 g/mol. The Kier molecular flexibility index (Phi) is 6.18. The number of nitrogens with zero attached hydrogens (tertiary/aromatic N) is 3. The number of halogens is 1. The summed E-state index contributed by atoms with van der Waals surface area (Å²) in [5, 5.41) is 12.3. The molecule has 0 spiro atoms. The maximum atomic E-state index is 13.1. The maximum absolute atomic E-state index is 13.1. The van der Waals surface area contributed by atoms with Crippen LogP contribution in [0.4, 0.5) is 5.82 Å². The van der Waals surface area contributed by atoms with Gasteiger partial charge in [0.25, 0.3) is 11.8 Å². The fourth-order valence-corrected chi connectivity index (χ4v) is 4.29. The van der Waals surface area contributed by atoms with Gasteiger partial charge in [-0.1, -0.05) is 35.9 Å². The van der Waals surface area contributed by atoms with Crippen molar-refractivity contribution in [3.63, 3.8) is 0 Å². The van der Waals surface area contributed by atoms with E-state index >= 15 is 0 Å². The van der Waals surface area contributed by atoms with Crippen LogP contribution in [0.15, 0.2) is 72.8 Å². The smallest absolute Gasteiger partial charge is 0.253 e. The average molecular weight is 474 g/mol. The van der Waals surface area contributed by atoms with Crippen molar-refractivity contribution >= 4 is 40.1 Å². The van der Waals surface area contributed by atoms with Crippen LogP contribution in [0.3, 0.4) is 0 Å². The molecule has 34 heavy (non-hydrogen) atoms. The number of fused-ring (bicyclic) bond motifs is 1. The second-order valence-electron chi connectivity index (χ2n) is 8.26. The normalized spacial score (nSPS) is 13.8. The number of nitrogens with one attached hydrogen (secondary N) is 2. The molecule has 172 valence electrons. The van der Waals surface area contributed by atoms with Crippen molar-refractivity contribution in [2.75, 3.05) is 31.5 Å². The Morgan fingerprint density at radius 2 is 1.53 bits per heavy atom. The van der Waals surface area contributed by atoms with Gasteiger partial charge in [0, 0.05) is 54.3 Å². The van der Waals surface area contributed by atoms with Gasteiger partial charge in [-0.2, -0.15) is 5.10 Å². The number of aromatic amines is 1. The predicted octanol–water partition coefficient (Wildman–Crippen LogP) is 4.43.